The first-order valence-electron chi connectivity index (χ1n) is 6.13. The van der Waals surface area contributed by atoms with Crippen LogP contribution in [0.2, 0.25) is 0 Å². The number of hydrogen-bond donors (Lipinski definition) is 2. The Labute approximate surface area is 110 Å². The van der Waals surface area contributed by atoms with Crippen LogP contribution in [0.25, 0.3) is 0 Å². The van der Waals surface area contributed by atoms with Gasteiger partial charge in [0.15, 0.2) is 11.5 Å². The molecule has 1 aromatic carbocycles. The van der Waals surface area contributed by atoms with Gasteiger partial charge in [-0.1, -0.05) is 19.9 Å². The SMILES string of the molecule is CNCNCC(C)(C)c1ccc(OC)c(OC)c1. The van der Waals surface area contributed by atoms with Gasteiger partial charge in [0.05, 0.1) is 14.2 Å². The van der Waals surface area contributed by atoms with Crippen LogP contribution in [-0.2, 0) is 5.41 Å². The summed E-state index contributed by atoms with van der Waals surface area (Å²) in [6.07, 6.45) is 0. The number of benzene rings is 1. The highest BCUT2D eigenvalue weighted by atomic mass is 16.5. The Hall–Kier alpha value is -1.26. The summed E-state index contributed by atoms with van der Waals surface area (Å²) in [6.45, 7) is 6.11. The number of ether oxygens (including phenoxy) is 2. The van der Waals surface area contributed by atoms with E-state index in [0.29, 0.717) is 0 Å². The quantitative estimate of drug-likeness (QED) is 0.573. The fourth-order valence-electron chi connectivity index (χ4n) is 1.86. The molecule has 0 amide bonds. The molecule has 0 fully saturated rings. The molecule has 0 bridgehead atoms. The number of methoxy groups -OCH3 is 2. The van der Waals surface area contributed by atoms with Crippen LogP contribution in [0.1, 0.15) is 19.4 Å². The Bertz CT molecular complexity index is 378. The Morgan fingerprint density at radius 2 is 1.78 bits per heavy atom. The van der Waals surface area contributed by atoms with Gasteiger partial charge in [0.2, 0.25) is 0 Å². The maximum absolute atomic E-state index is 5.34. The lowest BCUT2D eigenvalue weighted by atomic mass is 9.84. The molecular formula is C14H24N2O2. The zero-order chi connectivity index (χ0) is 13.6. The van der Waals surface area contributed by atoms with E-state index in [1.807, 2.05) is 19.2 Å². The molecule has 4 heteroatoms. The zero-order valence-electron chi connectivity index (χ0n) is 12.0. The summed E-state index contributed by atoms with van der Waals surface area (Å²) in [5.74, 6) is 1.54. The smallest absolute Gasteiger partial charge is 0.161 e. The van der Waals surface area contributed by atoms with Crippen molar-refractivity contribution in [1.82, 2.24) is 10.6 Å². The number of rotatable bonds is 7. The van der Waals surface area contributed by atoms with E-state index in [0.717, 1.165) is 24.7 Å². The van der Waals surface area contributed by atoms with Crippen molar-refractivity contribution >= 4 is 0 Å². The van der Waals surface area contributed by atoms with Crippen LogP contribution in [0.15, 0.2) is 18.2 Å². The van der Waals surface area contributed by atoms with Crippen molar-refractivity contribution in [3.63, 3.8) is 0 Å². The van der Waals surface area contributed by atoms with Gasteiger partial charge in [-0.15, -0.1) is 0 Å². The zero-order valence-corrected chi connectivity index (χ0v) is 12.0. The lowest BCUT2D eigenvalue weighted by Gasteiger charge is -2.26. The normalized spacial score (nSPS) is 11.4. The summed E-state index contributed by atoms with van der Waals surface area (Å²) in [5, 5.41) is 6.43. The van der Waals surface area contributed by atoms with E-state index in [2.05, 4.69) is 30.5 Å². The molecule has 18 heavy (non-hydrogen) atoms. The molecule has 0 heterocycles. The highest BCUT2D eigenvalue weighted by Gasteiger charge is 2.21. The summed E-state index contributed by atoms with van der Waals surface area (Å²) in [7, 11) is 5.24. The summed E-state index contributed by atoms with van der Waals surface area (Å²) >= 11 is 0. The first-order chi connectivity index (χ1) is 8.55. The molecule has 0 aliphatic heterocycles. The topological polar surface area (TPSA) is 42.5 Å². The standard InChI is InChI=1S/C14H24N2O2/c1-14(2,9-16-10-15-3)11-6-7-12(17-4)13(8-11)18-5/h6-8,15-16H,9-10H2,1-5H3. The van der Waals surface area contributed by atoms with Crippen LogP contribution < -0.4 is 20.1 Å². The van der Waals surface area contributed by atoms with Crippen molar-refractivity contribution in [3.8, 4) is 11.5 Å². The van der Waals surface area contributed by atoms with Crippen LogP contribution in [0, 0.1) is 0 Å². The van der Waals surface area contributed by atoms with E-state index in [1.165, 1.54) is 5.56 Å². The lowest BCUT2D eigenvalue weighted by molar-refractivity contribution is 0.352. The summed E-state index contributed by atoms with van der Waals surface area (Å²) in [6, 6.07) is 6.08. The molecule has 0 atom stereocenters. The summed E-state index contributed by atoms with van der Waals surface area (Å²) < 4.78 is 10.6. The van der Waals surface area contributed by atoms with Crippen molar-refractivity contribution in [2.75, 3.05) is 34.5 Å². The molecule has 1 aromatic rings. The van der Waals surface area contributed by atoms with E-state index in [-0.39, 0.29) is 5.41 Å². The molecule has 0 aliphatic rings. The second-order valence-electron chi connectivity index (χ2n) is 4.91. The third-order valence-electron chi connectivity index (χ3n) is 3.03. The number of nitrogens with one attached hydrogen (secondary N) is 2. The molecular weight excluding hydrogens is 228 g/mol. The molecule has 0 unspecified atom stereocenters. The van der Waals surface area contributed by atoms with Crippen molar-refractivity contribution in [2.45, 2.75) is 19.3 Å². The molecule has 2 N–H and O–H groups in total. The molecule has 0 aromatic heterocycles. The van der Waals surface area contributed by atoms with Gasteiger partial charge >= 0.3 is 0 Å². The maximum Gasteiger partial charge on any atom is 0.161 e. The molecule has 0 aliphatic carbocycles. The average Bonchev–Trinajstić information content (AvgIpc) is 2.38. The van der Waals surface area contributed by atoms with Crippen LogP contribution in [0.3, 0.4) is 0 Å². The van der Waals surface area contributed by atoms with E-state index in [9.17, 15) is 0 Å². The highest BCUT2D eigenvalue weighted by Crippen LogP contribution is 2.32. The van der Waals surface area contributed by atoms with Crippen molar-refractivity contribution < 1.29 is 9.47 Å². The third-order valence-corrected chi connectivity index (χ3v) is 3.03. The predicted octanol–water partition coefficient (Wildman–Crippen LogP) is 1.75. The first-order valence-corrected chi connectivity index (χ1v) is 6.13. The minimum absolute atomic E-state index is 0.0381. The second-order valence-corrected chi connectivity index (χ2v) is 4.91. The monoisotopic (exact) mass is 252 g/mol. The van der Waals surface area contributed by atoms with Crippen LogP contribution >= 0.6 is 0 Å². The van der Waals surface area contributed by atoms with Gasteiger partial charge in [0, 0.05) is 18.6 Å². The molecule has 0 saturated carbocycles. The lowest BCUT2D eigenvalue weighted by Crippen LogP contribution is -2.37. The minimum Gasteiger partial charge on any atom is -0.493 e. The molecule has 1 rings (SSSR count). The van der Waals surface area contributed by atoms with Crippen molar-refractivity contribution in [3.05, 3.63) is 23.8 Å². The Morgan fingerprint density at radius 3 is 2.33 bits per heavy atom. The average molecular weight is 252 g/mol. The Kier molecular flexibility index (Phi) is 5.44. The summed E-state index contributed by atoms with van der Waals surface area (Å²) in [4.78, 5) is 0. The summed E-state index contributed by atoms with van der Waals surface area (Å²) in [5.41, 5.74) is 1.26. The van der Waals surface area contributed by atoms with Gasteiger partial charge in [0.1, 0.15) is 0 Å². The second kappa shape index (κ2) is 6.61. The van der Waals surface area contributed by atoms with Gasteiger partial charge in [-0.25, -0.2) is 0 Å². The van der Waals surface area contributed by atoms with Gasteiger partial charge in [-0.2, -0.15) is 0 Å². The van der Waals surface area contributed by atoms with E-state index in [1.54, 1.807) is 14.2 Å². The van der Waals surface area contributed by atoms with Crippen LogP contribution in [0.5, 0.6) is 11.5 Å². The molecule has 0 saturated heterocycles. The fourth-order valence-corrected chi connectivity index (χ4v) is 1.86. The van der Waals surface area contributed by atoms with Gasteiger partial charge in [-0.3, -0.25) is 0 Å². The fraction of sp³-hybridized carbons (Fsp3) is 0.571. The maximum atomic E-state index is 5.34. The van der Waals surface area contributed by atoms with Gasteiger partial charge < -0.3 is 20.1 Å². The molecule has 0 radical (unpaired) electrons. The van der Waals surface area contributed by atoms with Gasteiger partial charge in [0.25, 0.3) is 0 Å². The highest BCUT2D eigenvalue weighted by molar-refractivity contribution is 5.45. The van der Waals surface area contributed by atoms with E-state index < -0.39 is 0 Å². The molecule has 4 nitrogen and oxygen atoms in total. The first kappa shape index (κ1) is 14.8. The number of hydrogen-bond acceptors (Lipinski definition) is 4. The third kappa shape index (κ3) is 3.62. The molecule has 102 valence electrons. The van der Waals surface area contributed by atoms with Crippen molar-refractivity contribution in [1.29, 1.82) is 0 Å². The Morgan fingerprint density at radius 1 is 1.11 bits per heavy atom. The Balaban J connectivity index is 2.87. The largest absolute Gasteiger partial charge is 0.493 e. The van der Waals surface area contributed by atoms with Crippen LogP contribution in [0.4, 0.5) is 0 Å². The predicted molar refractivity (Wildman–Crippen MR) is 74.5 cm³/mol. The van der Waals surface area contributed by atoms with Crippen molar-refractivity contribution in [2.24, 2.45) is 0 Å². The molecule has 0 spiro atoms. The van der Waals surface area contributed by atoms with Gasteiger partial charge in [-0.05, 0) is 24.7 Å². The van der Waals surface area contributed by atoms with E-state index in [4.69, 9.17) is 9.47 Å². The van der Waals surface area contributed by atoms with Crippen LogP contribution in [-0.4, -0.2) is 34.5 Å². The minimum atomic E-state index is 0.0381. The van der Waals surface area contributed by atoms with E-state index >= 15 is 0 Å².